The predicted molar refractivity (Wildman–Crippen MR) is 150 cm³/mol. The number of alkyl carbamates (subject to hydrolysis) is 1. The van der Waals surface area contributed by atoms with Crippen molar-refractivity contribution >= 4 is 23.6 Å². The molecule has 0 fully saturated rings. The molecule has 2 unspecified atom stereocenters. The van der Waals surface area contributed by atoms with E-state index in [1.165, 1.54) is 4.90 Å². The fourth-order valence-electron chi connectivity index (χ4n) is 4.34. The summed E-state index contributed by atoms with van der Waals surface area (Å²) in [6, 6.07) is 10.9. The molecule has 3 N–H and O–H groups in total. The first-order valence-corrected chi connectivity index (χ1v) is 13.2. The number of anilines is 1. The first-order chi connectivity index (χ1) is 17.9. The molecule has 0 aliphatic carbocycles. The maximum Gasteiger partial charge on any atom is 0.408 e. The van der Waals surface area contributed by atoms with Crippen LogP contribution in [0, 0.1) is 20.8 Å². The van der Waals surface area contributed by atoms with Gasteiger partial charge in [0.1, 0.15) is 17.7 Å². The fraction of sp³-hybridized carbons (Fsp3) is 0.500. The van der Waals surface area contributed by atoms with Crippen molar-refractivity contribution in [3.63, 3.8) is 0 Å². The van der Waals surface area contributed by atoms with Crippen molar-refractivity contribution in [2.45, 2.75) is 85.4 Å². The first kappa shape index (κ1) is 30.8. The summed E-state index contributed by atoms with van der Waals surface area (Å²) >= 11 is 0. The SMILES string of the molecule is CCCCCN(C(=O)C(CO)NC(=O)OC(C)(C)C)C(C(=O)Nc1ccccc1C)c1c(C)cccc1C. The summed E-state index contributed by atoms with van der Waals surface area (Å²) in [7, 11) is 0. The second-order valence-electron chi connectivity index (χ2n) is 10.6. The number of ether oxygens (including phenoxy) is 1. The normalized spacial score (nSPS) is 12.8. The highest BCUT2D eigenvalue weighted by Gasteiger charge is 2.37. The molecule has 3 amide bonds. The standard InChI is InChI=1S/C30H43N3O5/c1-8-9-12-18-33(28(36)24(19-34)32-29(37)38-30(5,6)7)26(25-21(3)15-13-16-22(25)4)27(35)31-23-17-11-10-14-20(23)2/h10-11,13-17,24,26,34H,8-9,12,18-19H2,1-7H3,(H,31,35)(H,32,37). The number of carbonyl (C=O) groups excluding carboxylic acids is 3. The Hall–Kier alpha value is -3.39. The van der Waals surface area contributed by atoms with E-state index in [0.717, 1.165) is 35.1 Å². The summed E-state index contributed by atoms with van der Waals surface area (Å²) in [6.45, 7) is 12.6. The average molecular weight is 526 g/mol. The van der Waals surface area contributed by atoms with Crippen molar-refractivity contribution in [1.29, 1.82) is 0 Å². The molecule has 0 aliphatic heterocycles. The van der Waals surface area contributed by atoms with Gasteiger partial charge in [0.05, 0.1) is 6.61 Å². The summed E-state index contributed by atoms with van der Waals surface area (Å²) in [6.07, 6.45) is 1.62. The molecule has 2 aromatic carbocycles. The van der Waals surface area contributed by atoms with Crippen LogP contribution in [0.25, 0.3) is 0 Å². The molecule has 0 radical (unpaired) electrons. The van der Waals surface area contributed by atoms with Crippen LogP contribution in [0.1, 0.15) is 75.3 Å². The van der Waals surface area contributed by atoms with Crippen molar-refractivity contribution in [2.75, 3.05) is 18.5 Å². The highest BCUT2D eigenvalue weighted by atomic mass is 16.6. The number of hydrogen-bond donors (Lipinski definition) is 3. The maximum absolute atomic E-state index is 14.0. The highest BCUT2D eigenvalue weighted by Crippen LogP contribution is 2.30. The number of aliphatic hydroxyl groups is 1. The van der Waals surface area contributed by atoms with E-state index in [0.29, 0.717) is 12.1 Å². The van der Waals surface area contributed by atoms with Crippen LogP contribution < -0.4 is 10.6 Å². The van der Waals surface area contributed by atoms with E-state index in [1.807, 2.05) is 63.2 Å². The zero-order valence-electron chi connectivity index (χ0n) is 23.8. The molecule has 2 aromatic rings. The van der Waals surface area contributed by atoms with Gasteiger partial charge in [0.2, 0.25) is 5.91 Å². The predicted octanol–water partition coefficient (Wildman–Crippen LogP) is 5.20. The molecule has 2 atom stereocenters. The van der Waals surface area contributed by atoms with Crippen LogP contribution in [0.2, 0.25) is 0 Å². The smallest absolute Gasteiger partial charge is 0.408 e. The number of hydrogen-bond acceptors (Lipinski definition) is 5. The van der Waals surface area contributed by atoms with E-state index in [1.54, 1.807) is 20.8 Å². The monoisotopic (exact) mass is 525 g/mol. The summed E-state index contributed by atoms with van der Waals surface area (Å²) < 4.78 is 5.31. The van der Waals surface area contributed by atoms with Gasteiger partial charge in [0, 0.05) is 12.2 Å². The number of carbonyl (C=O) groups is 3. The molecule has 0 aliphatic rings. The minimum Gasteiger partial charge on any atom is -0.444 e. The highest BCUT2D eigenvalue weighted by molar-refractivity contribution is 5.99. The van der Waals surface area contributed by atoms with Gasteiger partial charge in [-0.3, -0.25) is 9.59 Å². The van der Waals surface area contributed by atoms with E-state index >= 15 is 0 Å². The number of aryl methyl sites for hydroxylation is 3. The van der Waals surface area contributed by atoms with Crippen LogP contribution in [0.15, 0.2) is 42.5 Å². The third kappa shape index (κ3) is 8.58. The van der Waals surface area contributed by atoms with Crippen molar-refractivity contribution in [3.8, 4) is 0 Å². The van der Waals surface area contributed by atoms with Crippen LogP contribution in [-0.4, -0.2) is 52.7 Å². The molecule has 8 heteroatoms. The second-order valence-corrected chi connectivity index (χ2v) is 10.6. The summed E-state index contributed by atoms with van der Waals surface area (Å²) in [5.41, 5.74) is 3.22. The van der Waals surface area contributed by atoms with E-state index in [4.69, 9.17) is 4.74 Å². The lowest BCUT2D eigenvalue weighted by atomic mass is 9.93. The molecule has 0 bridgehead atoms. The summed E-state index contributed by atoms with van der Waals surface area (Å²) in [5, 5.41) is 15.6. The first-order valence-electron chi connectivity index (χ1n) is 13.2. The number of para-hydroxylation sites is 1. The Morgan fingerprint density at radius 2 is 1.55 bits per heavy atom. The molecule has 8 nitrogen and oxygen atoms in total. The molecule has 0 heterocycles. The van der Waals surface area contributed by atoms with Crippen LogP contribution in [0.3, 0.4) is 0 Å². The van der Waals surface area contributed by atoms with Gasteiger partial charge in [-0.15, -0.1) is 0 Å². The van der Waals surface area contributed by atoms with Gasteiger partial charge in [-0.2, -0.15) is 0 Å². The maximum atomic E-state index is 14.0. The lowest BCUT2D eigenvalue weighted by Crippen LogP contribution is -2.54. The largest absolute Gasteiger partial charge is 0.444 e. The average Bonchev–Trinajstić information content (AvgIpc) is 2.83. The van der Waals surface area contributed by atoms with Crippen molar-refractivity contribution in [1.82, 2.24) is 10.2 Å². The van der Waals surface area contributed by atoms with Gasteiger partial charge in [-0.1, -0.05) is 56.2 Å². The molecular weight excluding hydrogens is 482 g/mol. The Labute approximate surface area is 226 Å². The minimum atomic E-state index is -1.27. The Bertz CT molecular complexity index is 1090. The molecule has 0 saturated heterocycles. The Balaban J connectivity index is 2.56. The number of aliphatic hydroxyl groups excluding tert-OH is 1. The lowest BCUT2D eigenvalue weighted by molar-refractivity contribution is -0.141. The zero-order chi connectivity index (χ0) is 28.5. The Kier molecular flexibility index (Phi) is 11.3. The minimum absolute atomic E-state index is 0.277. The van der Waals surface area contributed by atoms with Crippen LogP contribution in [0.5, 0.6) is 0 Å². The molecule has 208 valence electrons. The summed E-state index contributed by atoms with van der Waals surface area (Å²) in [5.74, 6) is -0.919. The number of unbranched alkanes of at least 4 members (excludes halogenated alkanes) is 2. The zero-order valence-corrected chi connectivity index (χ0v) is 23.8. The number of rotatable bonds is 11. The van der Waals surface area contributed by atoms with E-state index < -0.39 is 36.3 Å². The van der Waals surface area contributed by atoms with Crippen molar-refractivity contribution < 1.29 is 24.2 Å². The third-order valence-electron chi connectivity index (χ3n) is 6.24. The van der Waals surface area contributed by atoms with Crippen LogP contribution in [-0.2, 0) is 14.3 Å². The van der Waals surface area contributed by atoms with E-state index in [2.05, 4.69) is 17.6 Å². The Morgan fingerprint density at radius 3 is 2.11 bits per heavy atom. The quantitative estimate of drug-likeness (QED) is 0.350. The second kappa shape index (κ2) is 14.0. The van der Waals surface area contributed by atoms with Crippen molar-refractivity contribution in [3.05, 3.63) is 64.7 Å². The van der Waals surface area contributed by atoms with Gasteiger partial charge in [0.15, 0.2) is 0 Å². The number of benzene rings is 2. The molecule has 0 spiro atoms. The van der Waals surface area contributed by atoms with Gasteiger partial charge >= 0.3 is 6.09 Å². The molecule has 2 rings (SSSR count). The van der Waals surface area contributed by atoms with Gasteiger partial charge in [-0.25, -0.2) is 4.79 Å². The topological polar surface area (TPSA) is 108 Å². The van der Waals surface area contributed by atoms with E-state index in [9.17, 15) is 19.5 Å². The fourth-order valence-corrected chi connectivity index (χ4v) is 4.34. The lowest BCUT2D eigenvalue weighted by Gasteiger charge is -2.35. The van der Waals surface area contributed by atoms with Crippen LogP contribution in [0.4, 0.5) is 10.5 Å². The molecule has 0 aromatic heterocycles. The van der Waals surface area contributed by atoms with Gasteiger partial charge in [-0.05, 0) is 76.3 Å². The van der Waals surface area contributed by atoms with Gasteiger partial charge < -0.3 is 25.4 Å². The molecular formula is C30H43N3O5. The van der Waals surface area contributed by atoms with Gasteiger partial charge in [0.25, 0.3) is 5.91 Å². The molecule has 38 heavy (non-hydrogen) atoms. The third-order valence-corrected chi connectivity index (χ3v) is 6.24. The van der Waals surface area contributed by atoms with Crippen molar-refractivity contribution in [2.24, 2.45) is 0 Å². The van der Waals surface area contributed by atoms with E-state index in [-0.39, 0.29) is 12.5 Å². The Morgan fingerprint density at radius 1 is 0.947 bits per heavy atom. The number of amides is 3. The van der Waals surface area contributed by atoms with Crippen LogP contribution >= 0.6 is 0 Å². The number of nitrogens with one attached hydrogen (secondary N) is 2. The molecule has 0 saturated carbocycles. The summed E-state index contributed by atoms with van der Waals surface area (Å²) in [4.78, 5) is 41.9. The number of nitrogens with zero attached hydrogens (tertiary/aromatic N) is 1.